The number of fused-ring (bicyclic) bond motifs is 3. The van der Waals surface area contributed by atoms with Gasteiger partial charge in [0.1, 0.15) is 5.75 Å². The molecule has 0 saturated carbocycles. The normalized spacial score (nSPS) is 12.7. The van der Waals surface area contributed by atoms with Crippen molar-refractivity contribution in [3.05, 3.63) is 59.2 Å². The van der Waals surface area contributed by atoms with Crippen LogP contribution in [0.15, 0.2) is 42.5 Å². The molecule has 3 aromatic rings. The number of benzene rings is 2. The second-order valence-electron chi connectivity index (χ2n) is 7.63. The number of nitrogens with zero attached hydrogens (tertiary/aromatic N) is 2. The van der Waals surface area contributed by atoms with Gasteiger partial charge in [-0.25, -0.2) is 0 Å². The summed E-state index contributed by atoms with van der Waals surface area (Å²) in [5.74, 6) is 1.35. The van der Waals surface area contributed by atoms with Crippen LogP contribution >= 0.6 is 0 Å². The lowest BCUT2D eigenvalue weighted by Gasteiger charge is -2.11. The van der Waals surface area contributed by atoms with Crippen LogP contribution in [-0.2, 0) is 12.6 Å². The van der Waals surface area contributed by atoms with Crippen LogP contribution in [-0.4, -0.2) is 42.3 Å². The predicted molar refractivity (Wildman–Crippen MR) is 110 cm³/mol. The molecule has 0 aliphatic heterocycles. The summed E-state index contributed by atoms with van der Waals surface area (Å²) >= 11 is 0. The fraction of sp³-hybridized carbons (Fsp3) is 0.318. The van der Waals surface area contributed by atoms with Gasteiger partial charge in [-0.3, -0.25) is 5.10 Å². The lowest BCUT2D eigenvalue weighted by molar-refractivity contribution is -0.137. The molecule has 0 spiro atoms. The summed E-state index contributed by atoms with van der Waals surface area (Å²) in [6.45, 7) is 1.61. The number of hydrogen-bond donors (Lipinski definition) is 2. The molecule has 0 atom stereocenters. The largest absolute Gasteiger partial charge is 0.494 e. The first-order valence-corrected chi connectivity index (χ1v) is 9.73. The Morgan fingerprint density at radius 2 is 2.00 bits per heavy atom. The van der Waals surface area contributed by atoms with Crippen LogP contribution in [0.5, 0.6) is 5.75 Å². The fourth-order valence-corrected chi connectivity index (χ4v) is 3.58. The number of anilines is 2. The molecule has 2 aromatic carbocycles. The summed E-state index contributed by atoms with van der Waals surface area (Å²) in [6.07, 6.45) is -2.81. The standard InChI is InChI=1S/C22H23F3N4O/c1-29(2)9-4-10-30-17-7-8-18-14(11-17)12-19-20(18)27-28-21(19)26-16-6-3-5-15(13-16)22(23,24)25/h3,5-8,11,13H,4,9-10,12H2,1-2H3,(H2,26,27,28). The Morgan fingerprint density at radius 1 is 1.17 bits per heavy atom. The number of aromatic nitrogens is 2. The highest BCUT2D eigenvalue weighted by atomic mass is 19.4. The maximum atomic E-state index is 13.0. The minimum absolute atomic E-state index is 0.347. The average Bonchev–Trinajstić information content (AvgIpc) is 3.24. The molecule has 1 aliphatic carbocycles. The van der Waals surface area contributed by atoms with E-state index in [1.54, 1.807) is 6.07 Å². The van der Waals surface area contributed by atoms with Crippen molar-refractivity contribution >= 4 is 11.5 Å². The first-order valence-electron chi connectivity index (χ1n) is 9.73. The van der Waals surface area contributed by atoms with E-state index in [1.807, 2.05) is 32.3 Å². The van der Waals surface area contributed by atoms with Gasteiger partial charge in [0.25, 0.3) is 0 Å². The number of ether oxygens (including phenoxy) is 1. The molecule has 0 radical (unpaired) electrons. The maximum absolute atomic E-state index is 13.0. The molecule has 8 heteroatoms. The average molecular weight is 416 g/mol. The molecular weight excluding hydrogens is 393 g/mol. The van der Waals surface area contributed by atoms with Gasteiger partial charge in [-0.2, -0.15) is 18.3 Å². The number of nitrogens with one attached hydrogen (secondary N) is 2. The van der Waals surface area contributed by atoms with Crippen LogP contribution in [0.1, 0.15) is 23.1 Å². The van der Waals surface area contributed by atoms with Crippen molar-refractivity contribution < 1.29 is 17.9 Å². The molecule has 4 rings (SSSR count). The lowest BCUT2D eigenvalue weighted by atomic mass is 10.1. The quantitative estimate of drug-likeness (QED) is 0.413. The Morgan fingerprint density at radius 3 is 2.77 bits per heavy atom. The van der Waals surface area contributed by atoms with Crippen LogP contribution in [0.25, 0.3) is 11.3 Å². The van der Waals surface area contributed by atoms with Gasteiger partial charge in [0.15, 0.2) is 5.82 Å². The van der Waals surface area contributed by atoms with Crippen molar-refractivity contribution in [2.75, 3.05) is 32.6 Å². The van der Waals surface area contributed by atoms with Crippen LogP contribution < -0.4 is 10.1 Å². The molecular formula is C22H23F3N4O. The van der Waals surface area contributed by atoms with E-state index in [2.05, 4.69) is 20.4 Å². The number of aromatic amines is 1. The van der Waals surface area contributed by atoms with Crippen molar-refractivity contribution in [3.8, 4) is 17.0 Å². The van der Waals surface area contributed by atoms with Crippen molar-refractivity contribution in [2.24, 2.45) is 0 Å². The van der Waals surface area contributed by atoms with E-state index in [9.17, 15) is 13.2 Å². The monoisotopic (exact) mass is 416 g/mol. The summed E-state index contributed by atoms with van der Waals surface area (Å²) < 4.78 is 44.8. The smallest absolute Gasteiger partial charge is 0.416 e. The summed E-state index contributed by atoms with van der Waals surface area (Å²) in [4.78, 5) is 2.12. The minimum Gasteiger partial charge on any atom is -0.494 e. The van der Waals surface area contributed by atoms with Gasteiger partial charge in [-0.15, -0.1) is 0 Å². The summed E-state index contributed by atoms with van der Waals surface area (Å²) in [5, 5.41) is 10.3. The molecule has 0 fully saturated rings. The minimum atomic E-state index is -4.38. The highest BCUT2D eigenvalue weighted by molar-refractivity contribution is 5.80. The summed E-state index contributed by atoms with van der Waals surface area (Å²) in [6, 6.07) is 11.1. The van der Waals surface area contributed by atoms with Gasteiger partial charge in [-0.05, 0) is 62.5 Å². The molecule has 158 valence electrons. The van der Waals surface area contributed by atoms with E-state index in [1.165, 1.54) is 6.07 Å². The molecule has 0 saturated heterocycles. The number of alkyl halides is 3. The molecule has 0 amide bonds. The summed E-state index contributed by atoms with van der Waals surface area (Å²) in [5.41, 5.74) is 3.62. The van der Waals surface area contributed by atoms with Gasteiger partial charge >= 0.3 is 6.18 Å². The zero-order valence-electron chi connectivity index (χ0n) is 16.8. The molecule has 0 unspecified atom stereocenters. The third kappa shape index (κ3) is 4.28. The van der Waals surface area contributed by atoms with Crippen LogP contribution in [0.3, 0.4) is 0 Å². The first-order chi connectivity index (χ1) is 14.3. The molecule has 2 N–H and O–H groups in total. The zero-order valence-corrected chi connectivity index (χ0v) is 16.8. The first kappa shape index (κ1) is 20.3. The Balaban J connectivity index is 1.48. The van der Waals surface area contributed by atoms with E-state index in [-0.39, 0.29) is 0 Å². The van der Waals surface area contributed by atoms with E-state index < -0.39 is 11.7 Å². The van der Waals surface area contributed by atoms with Crippen molar-refractivity contribution in [2.45, 2.75) is 19.0 Å². The van der Waals surface area contributed by atoms with Crippen LogP contribution in [0, 0.1) is 0 Å². The topological polar surface area (TPSA) is 53.2 Å². The van der Waals surface area contributed by atoms with Crippen molar-refractivity contribution in [3.63, 3.8) is 0 Å². The zero-order chi connectivity index (χ0) is 21.3. The van der Waals surface area contributed by atoms with E-state index in [0.29, 0.717) is 24.5 Å². The number of hydrogen-bond acceptors (Lipinski definition) is 4. The van der Waals surface area contributed by atoms with Crippen LogP contribution in [0.2, 0.25) is 0 Å². The number of rotatable bonds is 7. The fourth-order valence-electron chi connectivity index (χ4n) is 3.58. The SMILES string of the molecule is CN(C)CCCOc1ccc2c(c1)Cc1c(Nc3cccc(C(F)(F)F)c3)n[nH]c1-2. The third-order valence-electron chi connectivity index (χ3n) is 5.05. The van der Waals surface area contributed by atoms with Crippen LogP contribution in [0.4, 0.5) is 24.7 Å². The Labute approximate surface area is 172 Å². The second kappa shape index (κ2) is 8.02. The highest BCUT2D eigenvalue weighted by Gasteiger charge is 2.31. The Bertz CT molecular complexity index is 1040. The second-order valence-corrected chi connectivity index (χ2v) is 7.63. The van der Waals surface area contributed by atoms with Gasteiger partial charge in [-0.1, -0.05) is 6.07 Å². The van der Waals surface area contributed by atoms with Gasteiger partial charge in [0, 0.05) is 29.8 Å². The van der Waals surface area contributed by atoms with Crippen molar-refractivity contribution in [1.82, 2.24) is 15.1 Å². The van der Waals surface area contributed by atoms with Crippen molar-refractivity contribution in [1.29, 1.82) is 0 Å². The van der Waals surface area contributed by atoms with E-state index in [4.69, 9.17) is 4.74 Å². The molecule has 1 heterocycles. The predicted octanol–water partition coefficient (Wildman–Crippen LogP) is 5.07. The molecule has 0 bridgehead atoms. The van der Waals surface area contributed by atoms with Gasteiger partial charge in [0.2, 0.25) is 0 Å². The number of halogens is 3. The molecule has 5 nitrogen and oxygen atoms in total. The summed E-state index contributed by atoms with van der Waals surface area (Å²) in [7, 11) is 4.06. The molecule has 1 aromatic heterocycles. The van der Waals surface area contributed by atoms with E-state index in [0.717, 1.165) is 53.2 Å². The van der Waals surface area contributed by atoms with Gasteiger partial charge in [0.05, 0.1) is 17.9 Å². The molecule has 1 aliphatic rings. The molecule has 30 heavy (non-hydrogen) atoms. The Hall–Kier alpha value is -3.00. The highest BCUT2D eigenvalue weighted by Crippen LogP contribution is 2.41. The van der Waals surface area contributed by atoms with E-state index >= 15 is 0 Å². The maximum Gasteiger partial charge on any atom is 0.416 e. The lowest BCUT2D eigenvalue weighted by Crippen LogP contribution is -2.15. The Kier molecular flexibility index (Phi) is 5.42. The number of H-pyrrole nitrogens is 1. The van der Waals surface area contributed by atoms with Gasteiger partial charge < -0.3 is 15.0 Å². The third-order valence-corrected chi connectivity index (χ3v) is 5.05.